The van der Waals surface area contributed by atoms with E-state index in [0.29, 0.717) is 0 Å². The fraction of sp³-hybridized carbons (Fsp3) is 0.261. The topological polar surface area (TPSA) is 6.48 Å². The van der Waals surface area contributed by atoms with Crippen LogP contribution in [0.3, 0.4) is 0 Å². The number of nitrogens with zero attached hydrogens (tertiary/aromatic N) is 2. The average Bonchev–Trinajstić information content (AvgIpc) is 3.07. The van der Waals surface area contributed by atoms with Crippen LogP contribution >= 0.6 is 0 Å². The van der Waals surface area contributed by atoms with Crippen molar-refractivity contribution in [1.82, 2.24) is 0 Å². The molecule has 0 fully saturated rings. The Bertz CT molecular complexity index is 1870. The second kappa shape index (κ2) is 15.8. The van der Waals surface area contributed by atoms with Crippen molar-refractivity contribution in [1.29, 1.82) is 0 Å². The summed E-state index contributed by atoms with van der Waals surface area (Å²) in [5.41, 5.74) is 17.5. The summed E-state index contributed by atoms with van der Waals surface area (Å²) in [7, 11) is 4.17. The van der Waals surface area contributed by atoms with Gasteiger partial charge in [0, 0.05) is 38.6 Å². The van der Waals surface area contributed by atoms with Gasteiger partial charge in [-0.25, -0.2) is 0 Å². The van der Waals surface area contributed by atoms with Gasteiger partial charge < -0.3 is 9.80 Å². The molecule has 48 heavy (non-hydrogen) atoms. The van der Waals surface area contributed by atoms with Crippen LogP contribution in [0.2, 0.25) is 0 Å². The van der Waals surface area contributed by atoms with E-state index in [2.05, 4.69) is 187 Å². The van der Waals surface area contributed by atoms with E-state index in [1.165, 1.54) is 78.2 Å². The largest absolute Gasteiger partial charge is 0.378 e. The Balaban J connectivity index is 1.54. The Kier molecular flexibility index (Phi) is 11.4. The van der Waals surface area contributed by atoms with E-state index in [1.807, 2.05) is 0 Å². The monoisotopic (exact) mass is 632 g/mol. The van der Waals surface area contributed by atoms with Crippen molar-refractivity contribution >= 4 is 34.7 Å². The standard InChI is InChI=1S/C46H52N2/c1-9-27-48(28-10-2)42-23-19-40(20-24-42)46(44-26-12-34(4)30-36(44)6)32-38-15-13-37(14-16-38)31-45(43-25-11-33(3)29-35(43)5)39-17-21-41(22-18-39)47(7)8/h11-26,29-32H,9-10,27-28H2,1-8H3/b45-31+,46-32+. The Morgan fingerprint density at radius 1 is 0.500 bits per heavy atom. The van der Waals surface area contributed by atoms with E-state index in [0.717, 1.165) is 25.9 Å². The summed E-state index contributed by atoms with van der Waals surface area (Å²) < 4.78 is 0. The van der Waals surface area contributed by atoms with Crippen LogP contribution in [0.1, 0.15) is 82.3 Å². The molecule has 0 aliphatic rings. The van der Waals surface area contributed by atoms with Gasteiger partial charge in [0.2, 0.25) is 0 Å². The maximum atomic E-state index is 2.50. The quantitative estimate of drug-likeness (QED) is 0.126. The summed E-state index contributed by atoms with van der Waals surface area (Å²) in [6, 6.07) is 40.6. The third-order valence-electron chi connectivity index (χ3n) is 9.13. The van der Waals surface area contributed by atoms with Gasteiger partial charge in [-0.15, -0.1) is 0 Å². The number of hydrogen-bond donors (Lipinski definition) is 0. The average molecular weight is 633 g/mol. The molecule has 0 bridgehead atoms. The predicted octanol–water partition coefficient (Wildman–Crippen LogP) is 11.8. The molecule has 2 nitrogen and oxygen atoms in total. The summed E-state index contributed by atoms with van der Waals surface area (Å²) in [5, 5.41) is 0. The number of rotatable bonds is 12. The normalized spacial score (nSPS) is 11.9. The van der Waals surface area contributed by atoms with Crippen molar-refractivity contribution in [2.24, 2.45) is 0 Å². The second-order valence-corrected chi connectivity index (χ2v) is 13.4. The fourth-order valence-electron chi connectivity index (χ4n) is 6.59. The molecule has 0 aliphatic heterocycles. The predicted molar refractivity (Wildman–Crippen MR) is 212 cm³/mol. The lowest BCUT2D eigenvalue weighted by Crippen LogP contribution is -2.24. The second-order valence-electron chi connectivity index (χ2n) is 13.4. The van der Waals surface area contributed by atoms with Crippen LogP contribution in [0.15, 0.2) is 109 Å². The molecule has 0 aromatic heterocycles. The highest BCUT2D eigenvalue weighted by Crippen LogP contribution is 2.33. The molecule has 0 aliphatic carbocycles. The highest BCUT2D eigenvalue weighted by molar-refractivity contribution is 5.94. The smallest absolute Gasteiger partial charge is 0.0366 e. The SMILES string of the molecule is CCCN(CCC)c1ccc(/C(=C\c2ccc(/C=C(\c3ccc(N(C)C)cc3)c3ccc(C)cc3C)cc2)c2ccc(C)cc2C)cc1. The van der Waals surface area contributed by atoms with Crippen LogP contribution in [0.25, 0.3) is 23.3 Å². The summed E-state index contributed by atoms with van der Waals surface area (Å²) >= 11 is 0. The Hall–Kier alpha value is -4.82. The minimum Gasteiger partial charge on any atom is -0.378 e. The molecular formula is C46H52N2. The Morgan fingerprint density at radius 2 is 0.896 bits per heavy atom. The summed E-state index contributed by atoms with van der Waals surface area (Å²) in [6.07, 6.45) is 6.98. The number of hydrogen-bond acceptors (Lipinski definition) is 2. The van der Waals surface area contributed by atoms with Crippen LogP contribution < -0.4 is 9.80 Å². The van der Waals surface area contributed by atoms with E-state index >= 15 is 0 Å². The molecule has 0 spiro atoms. The van der Waals surface area contributed by atoms with E-state index in [-0.39, 0.29) is 0 Å². The van der Waals surface area contributed by atoms with Gasteiger partial charge in [-0.2, -0.15) is 0 Å². The first-order valence-corrected chi connectivity index (χ1v) is 17.5. The fourth-order valence-corrected chi connectivity index (χ4v) is 6.59. The molecule has 5 aromatic carbocycles. The molecule has 246 valence electrons. The zero-order valence-electron chi connectivity index (χ0n) is 30.3. The molecule has 5 rings (SSSR count). The first-order valence-electron chi connectivity index (χ1n) is 17.5. The zero-order chi connectivity index (χ0) is 34.2. The lowest BCUT2D eigenvalue weighted by Gasteiger charge is -2.24. The number of benzene rings is 5. The zero-order valence-corrected chi connectivity index (χ0v) is 30.3. The third kappa shape index (κ3) is 8.36. The molecule has 0 saturated carbocycles. The molecule has 0 radical (unpaired) electrons. The van der Waals surface area contributed by atoms with Crippen molar-refractivity contribution in [2.45, 2.75) is 54.4 Å². The lowest BCUT2D eigenvalue weighted by molar-refractivity contribution is 0.745. The molecule has 0 atom stereocenters. The van der Waals surface area contributed by atoms with Gasteiger partial charge in [0.1, 0.15) is 0 Å². The highest BCUT2D eigenvalue weighted by atomic mass is 15.1. The van der Waals surface area contributed by atoms with Crippen LogP contribution in [0, 0.1) is 27.7 Å². The minimum atomic E-state index is 1.08. The summed E-state index contributed by atoms with van der Waals surface area (Å²) in [5.74, 6) is 0. The van der Waals surface area contributed by atoms with Gasteiger partial charge in [-0.3, -0.25) is 0 Å². The number of anilines is 2. The number of aryl methyl sites for hydroxylation is 4. The van der Waals surface area contributed by atoms with Crippen molar-refractivity contribution in [3.8, 4) is 0 Å². The lowest BCUT2D eigenvalue weighted by atomic mass is 9.90. The van der Waals surface area contributed by atoms with Crippen LogP contribution in [-0.2, 0) is 0 Å². The van der Waals surface area contributed by atoms with Crippen LogP contribution in [0.4, 0.5) is 11.4 Å². The molecule has 0 N–H and O–H groups in total. The molecule has 0 amide bonds. The van der Waals surface area contributed by atoms with Gasteiger partial charge in [0.25, 0.3) is 0 Å². The highest BCUT2D eigenvalue weighted by Gasteiger charge is 2.13. The molecule has 0 saturated heterocycles. The van der Waals surface area contributed by atoms with Crippen LogP contribution in [-0.4, -0.2) is 27.2 Å². The van der Waals surface area contributed by atoms with Gasteiger partial charge in [0.15, 0.2) is 0 Å². The summed E-state index contributed by atoms with van der Waals surface area (Å²) in [6.45, 7) is 15.4. The van der Waals surface area contributed by atoms with E-state index in [1.54, 1.807) is 0 Å². The Labute approximate surface area is 290 Å². The van der Waals surface area contributed by atoms with Gasteiger partial charge in [-0.1, -0.05) is 110 Å². The van der Waals surface area contributed by atoms with Crippen LogP contribution in [0.5, 0.6) is 0 Å². The van der Waals surface area contributed by atoms with Gasteiger partial charge in [0.05, 0.1) is 0 Å². The third-order valence-corrected chi connectivity index (χ3v) is 9.13. The first kappa shape index (κ1) is 34.5. The van der Waals surface area contributed by atoms with Crippen molar-refractivity contribution in [3.05, 3.63) is 165 Å². The Morgan fingerprint density at radius 3 is 1.25 bits per heavy atom. The van der Waals surface area contributed by atoms with Gasteiger partial charge in [-0.05, 0) is 133 Å². The molecule has 5 aromatic rings. The minimum absolute atomic E-state index is 1.08. The van der Waals surface area contributed by atoms with E-state index in [4.69, 9.17) is 0 Å². The summed E-state index contributed by atoms with van der Waals surface area (Å²) in [4.78, 5) is 4.64. The molecule has 0 heterocycles. The maximum absolute atomic E-state index is 2.50. The van der Waals surface area contributed by atoms with Gasteiger partial charge >= 0.3 is 0 Å². The van der Waals surface area contributed by atoms with Crippen molar-refractivity contribution < 1.29 is 0 Å². The molecule has 2 heteroatoms. The van der Waals surface area contributed by atoms with Crippen molar-refractivity contribution in [2.75, 3.05) is 37.0 Å². The first-order chi connectivity index (χ1) is 23.2. The van der Waals surface area contributed by atoms with E-state index in [9.17, 15) is 0 Å². The maximum Gasteiger partial charge on any atom is 0.0366 e. The van der Waals surface area contributed by atoms with Crippen molar-refractivity contribution in [3.63, 3.8) is 0 Å². The molecule has 0 unspecified atom stereocenters. The molecular weight excluding hydrogens is 581 g/mol. The van der Waals surface area contributed by atoms with E-state index < -0.39 is 0 Å².